The zero-order valence-corrected chi connectivity index (χ0v) is 9.81. The number of halogens is 1. The average Bonchev–Trinajstić information content (AvgIpc) is 2.66. The third-order valence-electron chi connectivity index (χ3n) is 2.17. The van der Waals surface area contributed by atoms with Crippen molar-refractivity contribution in [3.05, 3.63) is 47.0 Å². The van der Waals surface area contributed by atoms with Gasteiger partial charge in [-0.05, 0) is 24.7 Å². The average molecular weight is 266 g/mol. The van der Waals surface area contributed by atoms with Gasteiger partial charge in [0.1, 0.15) is 5.82 Å². The van der Waals surface area contributed by atoms with Crippen molar-refractivity contribution >= 4 is 15.9 Å². The van der Waals surface area contributed by atoms with Gasteiger partial charge in [0.2, 0.25) is 0 Å². The van der Waals surface area contributed by atoms with Gasteiger partial charge in [0.05, 0.1) is 0 Å². The van der Waals surface area contributed by atoms with Crippen LogP contribution in [-0.4, -0.2) is 16.1 Å². The number of rotatable bonds is 3. The van der Waals surface area contributed by atoms with Gasteiger partial charge in [-0.1, -0.05) is 22.0 Å². The Kier molecular flexibility index (Phi) is 3.18. The summed E-state index contributed by atoms with van der Waals surface area (Å²) >= 11 is 3.45. The first-order chi connectivity index (χ1) is 7.31. The Morgan fingerprint density at radius 3 is 3.00 bits per heavy atom. The molecule has 3 nitrogen and oxygen atoms in total. The molecule has 0 radical (unpaired) electrons. The van der Waals surface area contributed by atoms with E-state index in [1.807, 2.05) is 24.4 Å². The lowest BCUT2D eigenvalue weighted by Crippen LogP contribution is -2.08. The van der Waals surface area contributed by atoms with Gasteiger partial charge in [-0.25, -0.2) is 4.98 Å². The van der Waals surface area contributed by atoms with Gasteiger partial charge in [-0.15, -0.1) is 0 Å². The SMILES string of the molecule is NCCc1nccn1-c1cccc(Br)c1. The van der Waals surface area contributed by atoms with Crippen LogP contribution in [0.5, 0.6) is 0 Å². The molecule has 2 rings (SSSR count). The molecule has 78 valence electrons. The molecule has 1 aromatic heterocycles. The highest BCUT2D eigenvalue weighted by Gasteiger charge is 2.03. The van der Waals surface area contributed by atoms with Crippen molar-refractivity contribution in [2.24, 2.45) is 5.73 Å². The minimum atomic E-state index is 0.616. The van der Waals surface area contributed by atoms with Crippen LogP contribution in [-0.2, 0) is 6.42 Å². The highest BCUT2D eigenvalue weighted by molar-refractivity contribution is 9.10. The maximum absolute atomic E-state index is 5.53. The minimum Gasteiger partial charge on any atom is -0.330 e. The number of hydrogen-bond acceptors (Lipinski definition) is 2. The molecule has 0 amide bonds. The third-order valence-corrected chi connectivity index (χ3v) is 2.66. The van der Waals surface area contributed by atoms with E-state index in [9.17, 15) is 0 Å². The van der Waals surface area contributed by atoms with E-state index in [0.717, 1.165) is 22.4 Å². The summed E-state index contributed by atoms with van der Waals surface area (Å²) in [5.74, 6) is 0.996. The number of imidazole rings is 1. The van der Waals surface area contributed by atoms with Crippen LogP contribution in [0.1, 0.15) is 5.82 Å². The first-order valence-electron chi connectivity index (χ1n) is 4.79. The standard InChI is InChI=1S/C11H12BrN3/c12-9-2-1-3-10(8-9)15-7-6-14-11(15)4-5-13/h1-3,6-8H,4-5,13H2. The lowest BCUT2D eigenvalue weighted by Gasteiger charge is -2.07. The van der Waals surface area contributed by atoms with Gasteiger partial charge in [0.25, 0.3) is 0 Å². The Morgan fingerprint density at radius 1 is 1.40 bits per heavy atom. The molecule has 0 bridgehead atoms. The first-order valence-corrected chi connectivity index (χ1v) is 5.59. The second kappa shape index (κ2) is 4.59. The summed E-state index contributed by atoms with van der Waals surface area (Å²) in [5, 5.41) is 0. The molecule has 2 N–H and O–H groups in total. The Labute approximate surface area is 97.1 Å². The predicted octanol–water partition coefficient (Wildman–Crippen LogP) is 2.14. The van der Waals surface area contributed by atoms with Gasteiger partial charge >= 0.3 is 0 Å². The highest BCUT2D eigenvalue weighted by atomic mass is 79.9. The quantitative estimate of drug-likeness (QED) is 0.924. The van der Waals surface area contributed by atoms with Gasteiger partial charge in [-0.2, -0.15) is 0 Å². The molecule has 1 heterocycles. The van der Waals surface area contributed by atoms with Crippen LogP contribution in [0.3, 0.4) is 0 Å². The number of aromatic nitrogens is 2. The Balaban J connectivity index is 2.40. The van der Waals surface area contributed by atoms with Gasteiger partial charge in [-0.3, -0.25) is 0 Å². The summed E-state index contributed by atoms with van der Waals surface area (Å²) in [7, 11) is 0. The van der Waals surface area contributed by atoms with Gasteiger partial charge in [0, 0.05) is 29.0 Å². The zero-order valence-electron chi connectivity index (χ0n) is 8.23. The van der Waals surface area contributed by atoms with Crippen LogP contribution in [0.4, 0.5) is 0 Å². The van der Waals surface area contributed by atoms with E-state index < -0.39 is 0 Å². The predicted molar refractivity (Wildman–Crippen MR) is 64.0 cm³/mol. The molecule has 0 atom stereocenters. The van der Waals surface area contributed by atoms with E-state index >= 15 is 0 Å². The third kappa shape index (κ3) is 2.27. The lowest BCUT2D eigenvalue weighted by molar-refractivity contribution is 0.837. The molecule has 0 fully saturated rings. The Morgan fingerprint density at radius 2 is 2.27 bits per heavy atom. The maximum atomic E-state index is 5.53. The smallest absolute Gasteiger partial charge is 0.114 e. The van der Waals surface area contributed by atoms with Gasteiger partial charge < -0.3 is 10.3 Å². The summed E-state index contributed by atoms with van der Waals surface area (Å²) in [5.41, 5.74) is 6.64. The van der Waals surface area contributed by atoms with Crippen molar-refractivity contribution in [2.45, 2.75) is 6.42 Å². The summed E-state index contributed by atoms with van der Waals surface area (Å²) in [6.45, 7) is 0.616. The fourth-order valence-corrected chi connectivity index (χ4v) is 1.90. The van der Waals surface area contributed by atoms with E-state index in [4.69, 9.17) is 5.73 Å². The maximum Gasteiger partial charge on any atom is 0.114 e. The fraction of sp³-hybridized carbons (Fsp3) is 0.182. The molecule has 2 aromatic rings. The fourth-order valence-electron chi connectivity index (χ4n) is 1.51. The molecule has 4 heteroatoms. The molecule has 0 aliphatic rings. The molecule has 0 saturated carbocycles. The van der Waals surface area contributed by atoms with E-state index in [1.165, 1.54) is 0 Å². The summed E-state index contributed by atoms with van der Waals surface area (Å²) in [6.07, 6.45) is 4.54. The molecule has 0 aliphatic heterocycles. The molecule has 0 unspecified atom stereocenters. The van der Waals surface area contributed by atoms with Crippen LogP contribution in [0, 0.1) is 0 Å². The molecule has 15 heavy (non-hydrogen) atoms. The topological polar surface area (TPSA) is 43.8 Å². The highest BCUT2D eigenvalue weighted by Crippen LogP contribution is 2.16. The molecule has 0 aliphatic carbocycles. The monoisotopic (exact) mass is 265 g/mol. The van der Waals surface area contributed by atoms with Crippen molar-refractivity contribution in [3.63, 3.8) is 0 Å². The van der Waals surface area contributed by atoms with Crippen molar-refractivity contribution < 1.29 is 0 Å². The molecule has 1 aromatic carbocycles. The van der Waals surface area contributed by atoms with Crippen molar-refractivity contribution in [2.75, 3.05) is 6.54 Å². The lowest BCUT2D eigenvalue weighted by atomic mass is 10.3. The molecule has 0 spiro atoms. The number of benzene rings is 1. The van der Waals surface area contributed by atoms with Crippen LogP contribution in [0.2, 0.25) is 0 Å². The second-order valence-corrected chi connectivity index (χ2v) is 4.15. The summed E-state index contributed by atoms with van der Waals surface area (Å²) in [4.78, 5) is 4.28. The second-order valence-electron chi connectivity index (χ2n) is 3.23. The number of hydrogen-bond donors (Lipinski definition) is 1. The van der Waals surface area contributed by atoms with E-state index in [0.29, 0.717) is 6.54 Å². The first kappa shape index (κ1) is 10.4. The van der Waals surface area contributed by atoms with Crippen molar-refractivity contribution in [1.29, 1.82) is 0 Å². The van der Waals surface area contributed by atoms with Crippen LogP contribution in [0.15, 0.2) is 41.1 Å². The zero-order chi connectivity index (χ0) is 10.7. The largest absolute Gasteiger partial charge is 0.330 e. The number of nitrogens with two attached hydrogens (primary N) is 1. The van der Waals surface area contributed by atoms with Crippen LogP contribution in [0.25, 0.3) is 5.69 Å². The van der Waals surface area contributed by atoms with Crippen LogP contribution >= 0.6 is 15.9 Å². The summed E-state index contributed by atoms with van der Waals surface area (Å²) in [6, 6.07) is 8.11. The minimum absolute atomic E-state index is 0.616. The Bertz CT molecular complexity index is 451. The summed E-state index contributed by atoms with van der Waals surface area (Å²) < 4.78 is 3.12. The van der Waals surface area contributed by atoms with E-state index in [1.54, 1.807) is 6.20 Å². The van der Waals surface area contributed by atoms with Gasteiger partial charge in [0.15, 0.2) is 0 Å². The number of nitrogens with zero attached hydrogens (tertiary/aromatic N) is 2. The Hall–Kier alpha value is -1.13. The van der Waals surface area contributed by atoms with Crippen molar-refractivity contribution in [3.8, 4) is 5.69 Å². The van der Waals surface area contributed by atoms with E-state index in [2.05, 4.69) is 31.5 Å². The molecule has 0 saturated heterocycles. The molecular formula is C11H12BrN3. The van der Waals surface area contributed by atoms with Crippen molar-refractivity contribution in [1.82, 2.24) is 9.55 Å². The van der Waals surface area contributed by atoms with E-state index in [-0.39, 0.29) is 0 Å². The molecular weight excluding hydrogens is 254 g/mol. The van der Waals surface area contributed by atoms with Crippen LogP contribution < -0.4 is 5.73 Å². The normalized spacial score (nSPS) is 10.5.